The third-order valence-electron chi connectivity index (χ3n) is 4.19. The summed E-state index contributed by atoms with van der Waals surface area (Å²) in [5, 5.41) is 1.82. The van der Waals surface area contributed by atoms with Gasteiger partial charge in [-0.25, -0.2) is 13.2 Å². The molecule has 0 aliphatic carbocycles. The van der Waals surface area contributed by atoms with Crippen LogP contribution in [0, 0.1) is 17.5 Å². The Bertz CT molecular complexity index is 1180. The molecule has 0 aliphatic heterocycles. The summed E-state index contributed by atoms with van der Waals surface area (Å²) in [7, 11) is 0. The van der Waals surface area contributed by atoms with E-state index in [0.717, 1.165) is 24.3 Å². The Labute approximate surface area is 179 Å². The highest BCUT2D eigenvalue weighted by molar-refractivity contribution is 6.04. The Kier molecular flexibility index (Phi) is 6.30. The van der Waals surface area contributed by atoms with Crippen molar-refractivity contribution < 1.29 is 49.0 Å². The minimum Gasteiger partial charge on any atom is -0.456 e. The molecule has 0 unspecified atom stereocenters. The molecule has 0 saturated carbocycles. The van der Waals surface area contributed by atoms with Crippen LogP contribution >= 0.6 is 0 Å². The molecule has 3 rings (SSSR count). The first-order chi connectivity index (χ1) is 15.3. The van der Waals surface area contributed by atoms with Crippen molar-refractivity contribution in [2.45, 2.75) is 12.4 Å². The molecule has 0 saturated heterocycles. The maximum Gasteiger partial charge on any atom is 0.420 e. The lowest BCUT2D eigenvalue weighted by atomic mass is 10.1. The van der Waals surface area contributed by atoms with Gasteiger partial charge in [0, 0.05) is 17.8 Å². The van der Waals surface area contributed by atoms with Gasteiger partial charge < -0.3 is 10.1 Å². The van der Waals surface area contributed by atoms with Crippen LogP contribution in [0.1, 0.15) is 21.5 Å². The largest absolute Gasteiger partial charge is 0.456 e. The molecule has 0 bridgehead atoms. The molecule has 3 aromatic rings. The van der Waals surface area contributed by atoms with Crippen LogP contribution in [0.25, 0.3) is 0 Å². The van der Waals surface area contributed by atoms with Crippen LogP contribution in [0.15, 0.2) is 54.6 Å². The monoisotopic (exact) mass is 479 g/mol. The Morgan fingerprint density at radius 2 is 1.27 bits per heavy atom. The number of para-hydroxylation sites is 1. The van der Waals surface area contributed by atoms with Crippen molar-refractivity contribution in [1.82, 2.24) is 0 Å². The van der Waals surface area contributed by atoms with Gasteiger partial charge in [0.1, 0.15) is 40.1 Å². The van der Waals surface area contributed by atoms with Gasteiger partial charge >= 0.3 is 12.4 Å². The lowest BCUT2D eigenvalue weighted by Gasteiger charge is -2.18. The van der Waals surface area contributed by atoms with Crippen LogP contribution in [0.5, 0.6) is 11.5 Å². The fraction of sp³-hybridized carbons (Fsp3) is 0.0952. The molecule has 0 fully saturated rings. The third kappa shape index (κ3) is 5.38. The summed E-state index contributed by atoms with van der Waals surface area (Å²) in [5.41, 5.74) is -4.74. The summed E-state index contributed by atoms with van der Waals surface area (Å²) in [6, 6.07) is 5.73. The van der Waals surface area contributed by atoms with Crippen molar-refractivity contribution in [3.8, 4) is 11.5 Å². The highest BCUT2D eigenvalue weighted by Crippen LogP contribution is 2.43. The first-order valence-electron chi connectivity index (χ1n) is 8.78. The topological polar surface area (TPSA) is 38.3 Å². The highest BCUT2D eigenvalue weighted by Gasteiger charge is 2.37. The highest BCUT2D eigenvalue weighted by atomic mass is 19.4. The van der Waals surface area contributed by atoms with Gasteiger partial charge in [-0.1, -0.05) is 12.1 Å². The Hall–Kier alpha value is -3.70. The number of carbonyl (C=O) groups excluding carboxylic acids is 1. The van der Waals surface area contributed by atoms with E-state index in [9.17, 15) is 44.3 Å². The van der Waals surface area contributed by atoms with Crippen molar-refractivity contribution in [1.29, 1.82) is 0 Å². The molecule has 174 valence electrons. The van der Waals surface area contributed by atoms with Crippen LogP contribution in [-0.4, -0.2) is 5.91 Å². The molecular weight excluding hydrogens is 469 g/mol. The fourth-order valence-corrected chi connectivity index (χ4v) is 2.78. The van der Waals surface area contributed by atoms with Crippen LogP contribution in [0.2, 0.25) is 0 Å². The summed E-state index contributed by atoms with van der Waals surface area (Å²) in [6.45, 7) is 0. The van der Waals surface area contributed by atoms with Crippen molar-refractivity contribution in [2.75, 3.05) is 5.32 Å². The van der Waals surface area contributed by atoms with Gasteiger partial charge in [0.05, 0.1) is 5.56 Å². The number of carbonyl (C=O) groups is 1. The number of rotatable bonds is 4. The van der Waals surface area contributed by atoms with Gasteiger partial charge in [0.25, 0.3) is 5.91 Å². The number of amides is 1. The lowest BCUT2D eigenvalue weighted by molar-refractivity contribution is -0.139. The second-order valence-corrected chi connectivity index (χ2v) is 6.50. The van der Waals surface area contributed by atoms with Gasteiger partial charge in [0.2, 0.25) is 0 Å². The molecule has 0 radical (unpaired) electrons. The molecule has 1 amide bonds. The minimum absolute atomic E-state index is 0.203. The molecule has 12 heteroatoms. The average Bonchev–Trinajstić information content (AvgIpc) is 2.67. The molecule has 33 heavy (non-hydrogen) atoms. The van der Waals surface area contributed by atoms with Crippen molar-refractivity contribution in [2.24, 2.45) is 0 Å². The number of benzene rings is 3. The number of halogens is 9. The number of alkyl halides is 6. The predicted molar refractivity (Wildman–Crippen MR) is 97.2 cm³/mol. The molecule has 1 N–H and O–H groups in total. The summed E-state index contributed by atoms with van der Waals surface area (Å²) >= 11 is 0. The average molecular weight is 479 g/mol. The predicted octanol–water partition coefficient (Wildman–Crippen LogP) is 7.19. The van der Waals surface area contributed by atoms with E-state index in [4.69, 9.17) is 4.74 Å². The smallest absolute Gasteiger partial charge is 0.420 e. The Balaban J connectivity index is 1.97. The summed E-state index contributed by atoms with van der Waals surface area (Å²) < 4.78 is 125. The maximum atomic E-state index is 13.7. The number of hydrogen-bond acceptors (Lipinski definition) is 2. The molecule has 0 aliphatic rings. The molecule has 0 aromatic heterocycles. The maximum absolute atomic E-state index is 13.7. The van der Waals surface area contributed by atoms with Crippen molar-refractivity contribution in [3.05, 3.63) is 88.7 Å². The van der Waals surface area contributed by atoms with Crippen LogP contribution in [0.3, 0.4) is 0 Å². The molecule has 0 atom stereocenters. The molecular formula is C21H10F9NO2. The number of hydrogen-bond donors (Lipinski definition) is 1. The summed E-state index contributed by atoms with van der Waals surface area (Å²) in [4.78, 5) is 12.1. The first-order valence-corrected chi connectivity index (χ1v) is 8.78. The minimum atomic E-state index is -5.14. The standard InChI is InChI=1S/C21H10F9NO2/c22-10-7-14(23)18(15(24)8-10)19(32)31-11-5-6-17(13(9-11)21(28,29)30)33-16-4-2-1-3-12(16)20(25,26)27/h1-9H,(H,31,32). The number of anilines is 1. The van der Waals surface area contributed by atoms with Crippen LogP contribution in [-0.2, 0) is 12.4 Å². The third-order valence-corrected chi connectivity index (χ3v) is 4.19. The van der Waals surface area contributed by atoms with Crippen LogP contribution < -0.4 is 10.1 Å². The van der Waals surface area contributed by atoms with Crippen LogP contribution in [0.4, 0.5) is 45.2 Å². The zero-order valence-electron chi connectivity index (χ0n) is 15.9. The first kappa shape index (κ1) is 24.0. The second kappa shape index (κ2) is 8.68. The van der Waals surface area contributed by atoms with Crippen molar-refractivity contribution >= 4 is 11.6 Å². The van der Waals surface area contributed by atoms with Crippen molar-refractivity contribution in [3.63, 3.8) is 0 Å². The van der Waals surface area contributed by atoms with Gasteiger partial charge in [0.15, 0.2) is 0 Å². The quantitative estimate of drug-likeness (QED) is 0.403. The zero-order chi connectivity index (χ0) is 24.6. The molecule has 3 nitrogen and oxygen atoms in total. The zero-order valence-corrected chi connectivity index (χ0v) is 15.9. The molecule has 0 heterocycles. The van der Waals surface area contributed by atoms with Gasteiger partial charge in [-0.15, -0.1) is 0 Å². The van der Waals surface area contributed by atoms with E-state index in [1.807, 2.05) is 5.32 Å². The Morgan fingerprint density at radius 3 is 1.85 bits per heavy atom. The second-order valence-electron chi connectivity index (χ2n) is 6.50. The van der Waals surface area contributed by atoms with Gasteiger partial charge in [-0.2, -0.15) is 26.3 Å². The van der Waals surface area contributed by atoms with E-state index in [-0.39, 0.29) is 12.1 Å². The van der Waals surface area contributed by atoms with E-state index >= 15 is 0 Å². The number of ether oxygens (including phenoxy) is 1. The summed E-state index contributed by atoms with van der Waals surface area (Å²) in [6.07, 6.45) is -10.1. The van der Waals surface area contributed by atoms with E-state index in [2.05, 4.69) is 0 Å². The van der Waals surface area contributed by atoms with E-state index in [1.54, 1.807) is 0 Å². The SMILES string of the molecule is O=C(Nc1ccc(Oc2ccccc2C(F)(F)F)c(C(F)(F)F)c1)c1c(F)cc(F)cc1F. The normalized spacial score (nSPS) is 11.9. The van der Waals surface area contributed by atoms with E-state index < -0.39 is 69.6 Å². The molecule has 3 aromatic carbocycles. The van der Waals surface area contributed by atoms with E-state index in [1.165, 1.54) is 0 Å². The van der Waals surface area contributed by atoms with E-state index in [0.29, 0.717) is 18.2 Å². The lowest BCUT2D eigenvalue weighted by Crippen LogP contribution is -2.17. The molecule has 0 spiro atoms. The fourth-order valence-electron chi connectivity index (χ4n) is 2.78. The number of nitrogens with one attached hydrogen (secondary N) is 1. The van der Waals surface area contributed by atoms with Gasteiger partial charge in [-0.05, 0) is 30.3 Å². The summed E-state index contributed by atoms with van der Waals surface area (Å²) in [5.74, 6) is -7.94. The Morgan fingerprint density at radius 1 is 0.727 bits per heavy atom. The van der Waals surface area contributed by atoms with Gasteiger partial charge in [-0.3, -0.25) is 4.79 Å².